The lowest BCUT2D eigenvalue weighted by Gasteiger charge is -2.22. The molecule has 1 heterocycles. The molecule has 0 bridgehead atoms. The number of unbranched alkanes of at least 4 members (excludes halogenated alkanes) is 10. The van der Waals surface area contributed by atoms with Crippen molar-refractivity contribution in [1.29, 1.82) is 0 Å². The van der Waals surface area contributed by atoms with Gasteiger partial charge < -0.3 is 14.6 Å². The fourth-order valence-electron chi connectivity index (χ4n) is 3.12. The molecule has 146 valence electrons. The van der Waals surface area contributed by atoms with Crippen molar-refractivity contribution in [2.24, 2.45) is 5.41 Å². The summed E-state index contributed by atoms with van der Waals surface area (Å²) in [4.78, 5) is 22.9. The molecule has 1 aliphatic heterocycles. The molecular formula is C20H36O5. The minimum absolute atomic E-state index is 0.0616. The van der Waals surface area contributed by atoms with Crippen molar-refractivity contribution in [2.45, 2.75) is 90.4 Å². The summed E-state index contributed by atoms with van der Waals surface area (Å²) >= 11 is 0. The van der Waals surface area contributed by atoms with Gasteiger partial charge in [-0.2, -0.15) is 0 Å². The van der Waals surface area contributed by atoms with E-state index in [0.29, 0.717) is 6.42 Å². The number of esters is 2. The molecule has 0 aliphatic carbocycles. The first-order valence-electron chi connectivity index (χ1n) is 10.0. The number of carbonyl (C=O) groups excluding carboxylic acids is 2. The first kappa shape index (κ1) is 21.9. The van der Waals surface area contributed by atoms with Gasteiger partial charge in [0.25, 0.3) is 0 Å². The quantitative estimate of drug-likeness (QED) is 0.352. The van der Waals surface area contributed by atoms with Crippen LogP contribution < -0.4 is 0 Å². The van der Waals surface area contributed by atoms with Crippen LogP contribution in [0.4, 0.5) is 0 Å². The smallest absolute Gasteiger partial charge is 0.306 e. The van der Waals surface area contributed by atoms with E-state index in [0.717, 1.165) is 12.8 Å². The van der Waals surface area contributed by atoms with Crippen LogP contribution in [0.1, 0.15) is 90.4 Å². The average molecular weight is 357 g/mol. The number of hydrogen-bond acceptors (Lipinski definition) is 5. The summed E-state index contributed by atoms with van der Waals surface area (Å²) in [5.74, 6) is -0.585. The minimum atomic E-state index is -0.732. The summed E-state index contributed by atoms with van der Waals surface area (Å²) in [5, 5.41) is 9.40. The highest BCUT2D eigenvalue weighted by atomic mass is 16.6. The van der Waals surface area contributed by atoms with Crippen LogP contribution in [-0.4, -0.2) is 36.9 Å². The van der Waals surface area contributed by atoms with Gasteiger partial charge in [0, 0.05) is 6.42 Å². The van der Waals surface area contributed by atoms with Crippen molar-refractivity contribution >= 4 is 11.9 Å². The van der Waals surface area contributed by atoms with Crippen molar-refractivity contribution in [1.82, 2.24) is 0 Å². The molecule has 0 radical (unpaired) electrons. The number of ether oxygens (including phenoxy) is 2. The van der Waals surface area contributed by atoms with Gasteiger partial charge >= 0.3 is 11.9 Å². The summed E-state index contributed by atoms with van der Waals surface area (Å²) in [6.45, 7) is 2.23. The molecule has 1 rings (SSSR count). The highest BCUT2D eigenvalue weighted by molar-refractivity contribution is 5.73. The first-order chi connectivity index (χ1) is 12.1. The van der Waals surface area contributed by atoms with Crippen molar-refractivity contribution in [3.05, 3.63) is 0 Å². The molecular weight excluding hydrogens is 320 g/mol. The summed E-state index contributed by atoms with van der Waals surface area (Å²) in [5.41, 5.74) is -0.732. The average Bonchev–Trinajstić information content (AvgIpc) is 2.99. The van der Waals surface area contributed by atoms with E-state index in [2.05, 4.69) is 6.92 Å². The number of aliphatic hydroxyl groups is 1. The zero-order valence-electron chi connectivity index (χ0n) is 15.9. The predicted octanol–water partition coefficient (Wildman–Crippen LogP) is 4.16. The molecule has 5 heteroatoms. The molecule has 0 amide bonds. The molecule has 1 atom stereocenters. The molecule has 0 aromatic carbocycles. The van der Waals surface area contributed by atoms with Gasteiger partial charge in [0.15, 0.2) is 0 Å². The predicted molar refractivity (Wildman–Crippen MR) is 97.1 cm³/mol. The van der Waals surface area contributed by atoms with Gasteiger partial charge in [0.1, 0.15) is 13.2 Å². The Bertz CT molecular complexity index is 382. The Morgan fingerprint density at radius 2 is 1.60 bits per heavy atom. The third-order valence-electron chi connectivity index (χ3n) is 4.92. The van der Waals surface area contributed by atoms with E-state index in [4.69, 9.17) is 9.47 Å². The molecule has 25 heavy (non-hydrogen) atoms. The molecule has 0 unspecified atom stereocenters. The standard InChI is InChI=1S/C20H36O5/c1-2-3-4-5-6-7-8-9-10-11-12-13-18(22)24-16-20(15-21)14-19(23)25-17-20/h21H,2-17H2,1H3/t20-/m0/s1. The van der Waals surface area contributed by atoms with E-state index < -0.39 is 5.41 Å². The molecule has 1 saturated heterocycles. The number of aliphatic hydroxyl groups excluding tert-OH is 1. The molecule has 1 N–H and O–H groups in total. The van der Waals surface area contributed by atoms with Crippen LogP contribution in [0.5, 0.6) is 0 Å². The lowest BCUT2D eigenvalue weighted by atomic mass is 9.89. The van der Waals surface area contributed by atoms with Crippen LogP contribution in [-0.2, 0) is 19.1 Å². The fourth-order valence-corrected chi connectivity index (χ4v) is 3.12. The van der Waals surface area contributed by atoms with Gasteiger partial charge in [-0.3, -0.25) is 9.59 Å². The Morgan fingerprint density at radius 3 is 2.08 bits per heavy atom. The van der Waals surface area contributed by atoms with Crippen LogP contribution in [0.3, 0.4) is 0 Å². The highest BCUT2D eigenvalue weighted by Gasteiger charge is 2.41. The largest absolute Gasteiger partial charge is 0.465 e. The van der Waals surface area contributed by atoms with Crippen molar-refractivity contribution < 1.29 is 24.2 Å². The zero-order valence-corrected chi connectivity index (χ0v) is 15.9. The number of rotatable bonds is 15. The molecule has 1 fully saturated rings. The van der Waals surface area contributed by atoms with E-state index in [-0.39, 0.29) is 38.2 Å². The normalized spacial score (nSPS) is 19.8. The van der Waals surface area contributed by atoms with Crippen molar-refractivity contribution in [3.63, 3.8) is 0 Å². The molecule has 5 nitrogen and oxygen atoms in total. The summed E-state index contributed by atoms with van der Waals surface area (Å²) in [6, 6.07) is 0. The van der Waals surface area contributed by atoms with Gasteiger partial charge in [0.2, 0.25) is 0 Å². The van der Waals surface area contributed by atoms with Crippen molar-refractivity contribution in [3.8, 4) is 0 Å². The zero-order chi connectivity index (χ0) is 18.4. The second kappa shape index (κ2) is 13.2. The van der Waals surface area contributed by atoms with Crippen LogP contribution in [0.25, 0.3) is 0 Å². The summed E-state index contributed by atoms with van der Waals surface area (Å²) < 4.78 is 10.1. The Balaban J connectivity index is 1.93. The van der Waals surface area contributed by atoms with Crippen LogP contribution in [0, 0.1) is 5.41 Å². The fraction of sp³-hybridized carbons (Fsp3) is 0.900. The maximum Gasteiger partial charge on any atom is 0.306 e. The van der Waals surface area contributed by atoms with Gasteiger partial charge in [-0.1, -0.05) is 71.1 Å². The maximum absolute atomic E-state index is 11.8. The second-order valence-corrected chi connectivity index (χ2v) is 7.44. The van der Waals surface area contributed by atoms with Gasteiger partial charge in [-0.25, -0.2) is 0 Å². The number of cyclic esters (lactones) is 1. The number of hydrogen-bond donors (Lipinski definition) is 1. The molecule has 0 spiro atoms. The summed E-state index contributed by atoms with van der Waals surface area (Å²) in [6.07, 6.45) is 14.2. The lowest BCUT2D eigenvalue weighted by Crippen LogP contribution is -2.32. The second-order valence-electron chi connectivity index (χ2n) is 7.44. The Morgan fingerprint density at radius 1 is 1.04 bits per heavy atom. The van der Waals surface area contributed by atoms with Gasteiger partial charge in [-0.15, -0.1) is 0 Å². The SMILES string of the molecule is CCCCCCCCCCCCCC(=O)OC[C@]1(CO)COC(=O)C1. The Labute approximate surface area is 152 Å². The molecule has 1 aliphatic rings. The topological polar surface area (TPSA) is 72.8 Å². The third kappa shape index (κ3) is 9.83. The van der Waals surface area contributed by atoms with E-state index in [1.165, 1.54) is 57.8 Å². The van der Waals surface area contributed by atoms with Crippen molar-refractivity contribution in [2.75, 3.05) is 19.8 Å². The molecule has 0 aromatic heterocycles. The number of carbonyl (C=O) groups is 2. The highest BCUT2D eigenvalue weighted by Crippen LogP contribution is 2.29. The van der Waals surface area contributed by atoms with Crippen LogP contribution in [0.2, 0.25) is 0 Å². The van der Waals surface area contributed by atoms with E-state index in [9.17, 15) is 14.7 Å². The van der Waals surface area contributed by atoms with Crippen LogP contribution in [0.15, 0.2) is 0 Å². The van der Waals surface area contributed by atoms with E-state index in [1.807, 2.05) is 0 Å². The Kier molecular flexibility index (Phi) is 11.5. The Hall–Kier alpha value is -1.10. The minimum Gasteiger partial charge on any atom is -0.465 e. The van der Waals surface area contributed by atoms with Crippen LogP contribution >= 0.6 is 0 Å². The van der Waals surface area contributed by atoms with E-state index >= 15 is 0 Å². The molecule has 0 aromatic rings. The first-order valence-corrected chi connectivity index (χ1v) is 10.0. The maximum atomic E-state index is 11.8. The monoisotopic (exact) mass is 356 g/mol. The lowest BCUT2D eigenvalue weighted by molar-refractivity contribution is -0.148. The summed E-state index contributed by atoms with van der Waals surface area (Å²) in [7, 11) is 0. The van der Waals surface area contributed by atoms with Gasteiger partial charge in [-0.05, 0) is 6.42 Å². The third-order valence-corrected chi connectivity index (χ3v) is 4.92. The molecule has 0 saturated carbocycles. The van der Waals surface area contributed by atoms with Gasteiger partial charge in [0.05, 0.1) is 18.4 Å². The van der Waals surface area contributed by atoms with E-state index in [1.54, 1.807) is 0 Å².